The number of ether oxygens (including phenoxy) is 1. The fourth-order valence-electron chi connectivity index (χ4n) is 0.943. The van der Waals surface area contributed by atoms with E-state index in [1.165, 1.54) is 0 Å². The Labute approximate surface area is 78.2 Å². The van der Waals surface area contributed by atoms with Gasteiger partial charge in [-0.05, 0) is 6.92 Å². The summed E-state index contributed by atoms with van der Waals surface area (Å²) in [6.45, 7) is 2.01. The van der Waals surface area contributed by atoms with E-state index in [9.17, 15) is 17.6 Å². The molecule has 82 valence electrons. The third kappa shape index (κ3) is 1.33. The molecule has 1 saturated heterocycles. The zero-order valence-electron chi connectivity index (χ0n) is 7.49. The number of hydrogen-bond donors (Lipinski definition) is 1. The molecule has 0 aliphatic carbocycles. The second-order valence-corrected chi connectivity index (χ2v) is 3.43. The molecule has 0 saturated carbocycles. The first kappa shape index (κ1) is 11.5. The number of aliphatic hydroxyl groups is 1. The Morgan fingerprint density at radius 1 is 1.50 bits per heavy atom. The molecule has 6 heteroatoms. The minimum absolute atomic E-state index is 0.422. The number of hydrogen-bond acceptors (Lipinski definition) is 2. The lowest BCUT2D eigenvalue weighted by molar-refractivity contribution is -0.220. The van der Waals surface area contributed by atoms with E-state index in [-0.39, 0.29) is 0 Å². The Hall–Kier alpha value is -0.620. The Balaban J connectivity index is 2.96. The molecule has 1 unspecified atom stereocenters. The van der Waals surface area contributed by atoms with Crippen LogP contribution < -0.4 is 0 Å². The van der Waals surface area contributed by atoms with E-state index in [4.69, 9.17) is 5.11 Å². The van der Waals surface area contributed by atoms with Gasteiger partial charge >= 0.3 is 11.8 Å². The lowest BCUT2D eigenvalue weighted by Crippen LogP contribution is -2.52. The molecule has 0 aromatic heterocycles. The Morgan fingerprint density at radius 2 is 1.93 bits per heavy atom. The van der Waals surface area contributed by atoms with Gasteiger partial charge in [-0.3, -0.25) is 0 Å². The van der Waals surface area contributed by atoms with Gasteiger partial charge in [0, 0.05) is 5.57 Å². The van der Waals surface area contributed by atoms with Crippen LogP contribution in [0.1, 0.15) is 6.92 Å². The maximum absolute atomic E-state index is 13.2. The van der Waals surface area contributed by atoms with Gasteiger partial charge in [-0.2, -0.15) is 17.6 Å². The molecular weight excluding hydrogens is 204 g/mol. The van der Waals surface area contributed by atoms with Gasteiger partial charge in [-0.25, -0.2) is 0 Å². The van der Waals surface area contributed by atoms with Crippen LogP contribution in [0.3, 0.4) is 0 Å². The average Bonchev–Trinajstić information content (AvgIpc) is 2.83. The number of alkyl halides is 4. The molecule has 14 heavy (non-hydrogen) atoms. The minimum Gasteiger partial charge on any atom is -0.392 e. The molecule has 1 aliphatic heterocycles. The van der Waals surface area contributed by atoms with Crippen LogP contribution in [0, 0.1) is 0 Å². The molecule has 1 fully saturated rings. The van der Waals surface area contributed by atoms with Gasteiger partial charge in [-0.1, -0.05) is 6.58 Å². The second-order valence-electron chi connectivity index (χ2n) is 3.43. The smallest absolute Gasteiger partial charge is 0.344 e. The molecule has 0 aromatic rings. The third-order valence-electron chi connectivity index (χ3n) is 2.27. The molecule has 0 bridgehead atoms. The zero-order valence-corrected chi connectivity index (χ0v) is 7.49. The quantitative estimate of drug-likeness (QED) is 0.438. The van der Waals surface area contributed by atoms with Crippen LogP contribution in [0.25, 0.3) is 0 Å². The van der Waals surface area contributed by atoms with E-state index in [2.05, 4.69) is 11.3 Å². The standard InChI is InChI=1S/C8H10F4O2/c1-5(3-13)7(9,10)8(11,12)6(2)4-14-6/h13H,1,3-4H2,2H3. The Morgan fingerprint density at radius 3 is 2.21 bits per heavy atom. The van der Waals surface area contributed by atoms with Gasteiger partial charge in [0.25, 0.3) is 0 Å². The van der Waals surface area contributed by atoms with Crippen molar-refractivity contribution in [2.45, 2.75) is 24.4 Å². The molecule has 0 aromatic carbocycles. The number of rotatable bonds is 4. The fourth-order valence-corrected chi connectivity index (χ4v) is 0.943. The maximum Gasteiger partial charge on any atom is 0.344 e. The second kappa shape index (κ2) is 2.93. The highest BCUT2D eigenvalue weighted by Gasteiger charge is 2.73. The van der Waals surface area contributed by atoms with Crippen molar-refractivity contribution in [2.75, 3.05) is 13.2 Å². The van der Waals surface area contributed by atoms with Crippen molar-refractivity contribution in [1.29, 1.82) is 0 Å². The zero-order chi connectivity index (χ0) is 11.2. The Bertz CT molecular complexity index is 258. The molecule has 0 amide bonds. The summed E-state index contributed by atoms with van der Waals surface area (Å²) >= 11 is 0. The first-order valence-electron chi connectivity index (χ1n) is 3.88. The molecular formula is C8H10F4O2. The van der Waals surface area contributed by atoms with E-state index in [1.54, 1.807) is 0 Å². The monoisotopic (exact) mass is 214 g/mol. The molecule has 1 heterocycles. The van der Waals surface area contributed by atoms with Crippen LogP contribution >= 0.6 is 0 Å². The summed E-state index contributed by atoms with van der Waals surface area (Å²) in [5.74, 6) is -8.80. The normalized spacial score (nSPS) is 27.6. The number of epoxide rings is 1. The SMILES string of the molecule is C=C(CO)C(F)(F)C(F)(F)C1(C)CO1. The van der Waals surface area contributed by atoms with Gasteiger partial charge in [0.15, 0.2) is 5.60 Å². The van der Waals surface area contributed by atoms with E-state index in [0.717, 1.165) is 6.92 Å². The maximum atomic E-state index is 13.2. The van der Waals surface area contributed by atoms with Crippen LogP contribution in [-0.2, 0) is 4.74 Å². The first-order chi connectivity index (χ1) is 6.19. The minimum atomic E-state index is -4.45. The van der Waals surface area contributed by atoms with E-state index >= 15 is 0 Å². The third-order valence-corrected chi connectivity index (χ3v) is 2.27. The van der Waals surface area contributed by atoms with Crippen molar-refractivity contribution in [3.05, 3.63) is 12.2 Å². The first-order valence-corrected chi connectivity index (χ1v) is 3.88. The van der Waals surface area contributed by atoms with E-state index in [0.29, 0.717) is 0 Å². The summed E-state index contributed by atoms with van der Waals surface area (Å²) < 4.78 is 56.7. The van der Waals surface area contributed by atoms with Gasteiger partial charge in [-0.15, -0.1) is 0 Å². The van der Waals surface area contributed by atoms with Crippen LogP contribution in [0.4, 0.5) is 17.6 Å². The highest BCUT2D eigenvalue weighted by atomic mass is 19.3. The summed E-state index contributed by atoms with van der Waals surface area (Å²) in [5, 5.41) is 8.37. The Kier molecular flexibility index (Phi) is 2.40. The highest BCUT2D eigenvalue weighted by Crippen LogP contribution is 2.52. The fraction of sp³-hybridized carbons (Fsp3) is 0.750. The topological polar surface area (TPSA) is 32.8 Å². The summed E-state index contributed by atoms with van der Waals surface area (Å²) in [7, 11) is 0. The lowest BCUT2D eigenvalue weighted by atomic mass is 9.94. The lowest BCUT2D eigenvalue weighted by Gasteiger charge is -2.30. The van der Waals surface area contributed by atoms with Gasteiger partial charge in [0.1, 0.15) is 0 Å². The predicted molar refractivity (Wildman–Crippen MR) is 40.5 cm³/mol. The van der Waals surface area contributed by atoms with E-state index in [1.807, 2.05) is 0 Å². The average molecular weight is 214 g/mol. The van der Waals surface area contributed by atoms with Crippen LogP contribution in [0.2, 0.25) is 0 Å². The van der Waals surface area contributed by atoms with Crippen LogP contribution in [0.15, 0.2) is 12.2 Å². The van der Waals surface area contributed by atoms with E-state index < -0.39 is 36.2 Å². The summed E-state index contributed by atoms with van der Waals surface area (Å²) in [4.78, 5) is 0. The van der Waals surface area contributed by atoms with Gasteiger partial charge in [0.05, 0.1) is 13.2 Å². The summed E-state index contributed by atoms with van der Waals surface area (Å²) in [6.07, 6.45) is 0. The van der Waals surface area contributed by atoms with Crippen molar-refractivity contribution >= 4 is 0 Å². The highest BCUT2D eigenvalue weighted by molar-refractivity contribution is 5.20. The number of aliphatic hydroxyl groups excluding tert-OH is 1. The van der Waals surface area contributed by atoms with Crippen LogP contribution in [0.5, 0.6) is 0 Å². The molecule has 0 radical (unpaired) electrons. The van der Waals surface area contributed by atoms with Crippen molar-refractivity contribution in [3.8, 4) is 0 Å². The summed E-state index contributed by atoms with van der Waals surface area (Å²) in [5.41, 5.74) is -3.35. The van der Waals surface area contributed by atoms with Crippen molar-refractivity contribution < 1.29 is 27.4 Å². The molecule has 1 aliphatic rings. The summed E-state index contributed by atoms with van der Waals surface area (Å²) in [6, 6.07) is 0. The molecule has 1 atom stereocenters. The molecule has 1 N–H and O–H groups in total. The van der Waals surface area contributed by atoms with Crippen molar-refractivity contribution in [3.63, 3.8) is 0 Å². The molecule has 0 spiro atoms. The largest absolute Gasteiger partial charge is 0.392 e. The van der Waals surface area contributed by atoms with Crippen molar-refractivity contribution in [1.82, 2.24) is 0 Å². The number of halogens is 4. The predicted octanol–water partition coefficient (Wildman–Crippen LogP) is 1.59. The van der Waals surface area contributed by atoms with Gasteiger partial charge in [0.2, 0.25) is 0 Å². The molecule has 1 rings (SSSR count). The van der Waals surface area contributed by atoms with Crippen molar-refractivity contribution in [2.24, 2.45) is 0 Å². The van der Waals surface area contributed by atoms with Crippen LogP contribution in [-0.4, -0.2) is 35.8 Å². The molecule has 2 nitrogen and oxygen atoms in total. The van der Waals surface area contributed by atoms with Gasteiger partial charge < -0.3 is 9.84 Å².